The van der Waals surface area contributed by atoms with Gasteiger partial charge in [-0.2, -0.15) is 0 Å². The molecule has 0 saturated heterocycles. The maximum atomic E-state index is 11.9. The smallest absolute Gasteiger partial charge is 0.314 e. The van der Waals surface area contributed by atoms with Crippen molar-refractivity contribution in [3.8, 4) is 0 Å². The Balaban J connectivity index is 0.00000400. The van der Waals surface area contributed by atoms with E-state index in [1.54, 1.807) is 6.92 Å². The fourth-order valence-corrected chi connectivity index (χ4v) is 1.76. The van der Waals surface area contributed by atoms with Crippen LogP contribution in [0.25, 0.3) is 0 Å². The molecule has 0 aliphatic rings. The number of benzene rings is 1. The number of carbonyl (C=O) groups is 2. The lowest BCUT2D eigenvalue weighted by Gasteiger charge is -2.17. The van der Waals surface area contributed by atoms with Crippen LogP contribution < -0.4 is 11.1 Å². The highest BCUT2D eigenvalue weighted by atomic mass is 35.5. The molecule has 0 fully saturated rings. The summed E-state index contributed by atoms with van der Waals surface area (Å²) in [6, 6.07) is 7.59. The zero-order chi connectivity index (χ0) is 15.1. The summed E-state index contributed by atoms with van der Waals surface area (Å²) in [7, 11) is 1.34. The Hall–Kier alpha value is -1.59. The van der Waals surface area contributed by atoms with E-state index < -0.39 is 5.92 Å². The largest absolute Gasteiger partial charge is 0.468 e. The third-order valence-electron chi connectivity index (χ3n) is 3.25. The molecule has 21 heavy (non-hydrogen) atoms. The lowest BCUT2D eigenvalue weighted by molar-refractivity contribution is -0.142. The molecule has 5 nitrogen and oxygen atoms in total. The Kier molecular flexibility index (Phi) is 8.66. The van der Waals surface area contributed by atoms with E-state index >= 15 is 0 Å². The van der Waals surface area contributed by atoms with Crippen LogP contribution in [0.2, 0.25) is 0 Å². The lowest BCUT2D eigenvalue weighted by atomic mass is 9.98. The predicted octanol–water partition coefficient (Wildman–Crippen LogP) is 1.38. The molecule has 118 valence electrons. The highest BCUT2D eigenvalue weighted by Gasteiger charge is 2.23. The van der Waals surface area contributed by atoms with Gasteiger partial charge in [0.25, 0.3) is 0 Å². The molecule has 0 bridgehead atoms. The zero-order valence-corrected chi connectivity index (χ0v) is 13.4. The SMILES string of the molecule is COC(=O)C(CNC(=O)C(C)CN)c1ccc(C)cc1.Cl. The highest BCUT2D eigenvalue weighted by molar-refractivity contribution is 5.85. The van der Waals surface area contributed by atoms with E-state index in [1.165, 1.54) is 7.11 Å². The first-order valence-corrected chi connectivity index (χ1v) is 6.61. The van der Waals surface area contributed by atoms with Crippen LogP contribution in [-0.2, 0) is 14.3 Å². The van der Waals surface area contributed by atoms with Crippen LogP contribution in [0.5, 0.6) is 0 Å². The number of esters is 1. The van der Waals surface area contributed by atoms with Gasteiger partial charge in [0, 0.05) is 19.0 Å². The fraction of sp³-hybridized carbons (Fsp3) is 0.467. The van der Waals surface area contributed by atoms with Crippen molar-refractivity contribution in [3.05, 3.63) is 35.4 Å². The molecule has 3 N–H and O–H groups in total. The maximum absolute atomic E-state index is 11.9. The monoisotopic (exact) mass is 314 g/mol. The fourth-order valence-electron chi connectivity index (χ4n) is 1.76. The minimum atomic E-state index is -0.505. The van der Waals surface area contributed by atoms with E-state index in [0.29, 0.717) is 0 Å². The second-order valence-electron chi connectivity index (χ2n) is 4.87. The molecule has 6 heteroatoms. The zero-order valence-electron chi connectivity index (χ0n) is 12.6. The van der Waals surface area contributed by atoms with Gasteiger partial charge in [-0.05, 0) is 12.5 Å². The van der Waals surface area contributed by atoms with Crippen molar-refractivity contribution in [1.29, 1.82) is 0 Å². The van der Waals surface area contributed by atoms with E-state index in [9.17, 15) is 9.59 Å². The summed E-state index contributed by atoms with van der Waals surface area (Å²) in [5, 5.41) is 2.74. The van der Waals surface area contributed by atoms with Gasteiger partial charge < -0.3 is 15.8 Å². The molecule has 2 atom stereocenters. The topological polar surface area (TPSA) is 81.4 Å². The number of rotatable bonds is 6. The molecule has 0 saturated carbocycles. The van der Waals surface area contributed by atoms with Crippen LogP contribution in [0, 0.1) is 12.8 Å². The average molecular weight is 315 g/mol. The molecule has 0 heterocycles. The molecular formula is C15H23ClN2O3. The average Bonchev–Trinajstić information content (AvgIpc) is 2.47. The summed E-state index contributed by atoms with van der Waals surface area (Å²) in [6.45, 7) is 4.20. The molecule has 0 aliphatic heterocycles. The first-order chi connectivity index (χ1) is 9.49. The van der Waals surface area contributed by atoms with Gasteiger partial charge in [0.15, 0.2) is 0 Å². The Morgan fingerprint density at radius 3 is 2.33 bits per heavy atom. The summed E-state index contributed by atoms with van der Waals surface area (Å²) in [6.07, 6.45) is 0. The van der Waals surface area contributed by atoms with Crippen LogP contribution in [0.15, 0.2) is 24.3 Å². The van der Waals surface area contributed by atoms with Crippen molar-refractivity contribution in [2.45, 2.75) is 19.8 Å². The number of aryl methyl sites for hydroxylation is 1. The minimum absolute atomic E-state index is 0. The van der Waals surface area contributed by atoms with Gasteiger partial charge in [-0.3, -0.25) is 9.59 Å². The van der Waals surface area contributed by atoms with E-state index in [2.05, 4.69) is 5.32 Å². The van der Waals surface area contributed by atoms with Crippen molar-refractivity contribution < 1.29 is 14.3 Å². The highest BCUT2D eigenvalue weighted by Crippen LogP contribution is 2.17. The van der Waals surface area contributed by atoms with Gasteiger partial charge in [-0.25, -0.2) is 0 Å². The lowest BCUT2D eigenvalue weighted by Crippen LogP contribution is -2.37. The Morgan fingerprint density at radius 1 is 1.29 bits per heavy atom. The minimum Gasteiger partial charge on any atom is -0.468 e. The molecule has 1 rings (SSSR count). The van der Waals surface area contributed by atoms with Crippen molar-refractivity contribution in [1.82, 2.24) is 5.32 Å². The molecule has 0 radical (unpaired) electrons. The van der Waals surface area contributed by atoms with Crippen LogP contribution in [0.1, 0.15) is 24.0 Å². The standard InChI is InChI=1S/C15H22N2O3.ClH/c1-10-4-6-12(7-5-10)13(15(19)20-3)9-17-14(18)11(2)8-16;/h4-7,11,13H,8-9,16H2,1-3H3,(H,17,18);1H. The maximum Gasteiger partial charge on any atom is 0.314 e. The van der Waals surface area contributed by atoms with Crippen molar-refractivity contribution >= 4 is 24.3 Å². The summed E-state index contributed by atoms with van der Waals surface area (Å²) in [5.74, 6) is -1.30. The van der Waals surface area contributed by atoms with Crippen molar-refractivity contribution in [3.63, 3.8) is 0 Å². The Bertz CT molecular complexity index is 462. The van der Waals surface area contributed by atoms with Gasteiger partial charge >= 0.3 is 5.97 Å². The summed E-state index contributed by atoms with van der Waals surface area (Å²) >= 11 is 0. The number of nitrogens with one attached hydrogen (secondary N) is 1. The van der Waals surface area contributed by atoms with Gasteiger partial charge in [0.05, 0.1) is 13.0 Å². The normalized spacial score (nSPS) is 12.8. The number of methoxy groups -OCH3 is 1. The van der Waals surface area contributed by atoms with Gasteiger partial charge in [0.2, 0.25) is 5.91 Å². The van der Waals surface area contributed by atoms with Gasteiger partial charge in [-0.1, -0.05) is 36.8 Å². The summed E-state index contributed by atoms with van der Waals surface area (Å²) in [5.41, 5.74) is 7.37. The van der Waals surface area contributed by atoms with Crippen LogP contribution in [0.4, 0.5) is 0 Å². The molecule has 2 unspecified atom stereocenters. The Labute approximate surface area is 131 Å². The van der Waals surface area contributed by atoms with Crippen molar-refractivity contribution in [2.24, 2.45) is 11.7 Å². The third kappa shape index (κ3) is 5.73. The summed E-state index contributed by atoms with van der Waals surface area (Å²) in [4.78, 5) is 23.6. The quantitative estimate of drug-likeness (QED) is 0.777. The molecule has 1 amide bonds. The van der Waals surface area contributed by atoms with Crippen LogP contribution >= 0.6 is 12.4 Å². The number of hydrogen-bond acceptors (Lipinski definition) is 4. The van der Waals surface area contributed by atoms with Crippen LogP contribution in [0.3, 0.4) is 0 Å². The van der Waals surface area contributed by atoms with E-state index in [4.69, 9.17) is 10.5 Å². The first kappa shape index (κ1) is 19.4. The van der Waals surface area contributed by atoms with E-state index in [1.807, 2.05) is 31.2 Å². The number of ether oxygens (including phenoxy) is 1. The molecule has 0 aromatic heterocycles. The molecule has 0 spiro atoms. The first-order valence-electron chi connectivity index (χ1n) is 6.61. The Morgan fingerprint density at radius 2 is 1.86 bits per heavy atom. The molecular weight excluding hydrogens is 292 g/mol. The second kappa shape index (κ2) is 9.37. The number of amides is 1. The number of halogens is 1. The number of carbonyl (C=O) groups excluding carboxylic acids is 2. The van der Waals surface area contributed by atoms with E-state index in [-0.39, 0.29) is 43.3 Å². The van der Waals surface area contributed by atoms with E-state index in [0.717, 1.165) is 11.1 Å². The molecule has 1 aromatic carbocycles. The van der Waals surface area contributed by atoms with Gasteiger partial charge in [-0.15, -0.1) is 12.4 Å². The number of hydrogen-bond donors (Lipinski definition) is 2. The second-order valence-corrected chi connectivity index (χ2v) is 4.87. The molecule has 1 aromatic rings. The number of nitrogens with two attached hydrogens (primary N) is 1. The van der Waals surface area contributed by atoms with Crippen LogP contribution in [-0.4, -0.2) is 32.1 Å². The summed E-state index contributed by atoms with van der Waals surface area (Å²) < 4.78 is 4.80. The predicted molar refractivity (Wildman–Crippen MR) is 84.4 cm³/mol. The molecule has 0 aliphatic carbocycles. The van der Waals surface area contributed by atoms with Gasteiger partial charge in [0.1, 0.15) is 0 Å². The van der Waals surface area contributed by atoms with Crippen molar-refractivity contribution in [2.75, 3.05) is 20.2 Å². The third-order valence-corrected chi connectivity index (χ3v) is 3.25.